The molecule has 106 valence electrons. The first-order valence-electron chi connectivity index (χ1n) is 6.98. The highest BCUT2D eigenvalue weighted by molar-refractivity contribution is 5.50. The average Bonchev–Trinajstić information content (AvgIpc) is 2.62. The molecule has 1 fully saturated rings. The normalized spacial score (nSPS) is 24.8. The molecule has 1 aliphatic heterocycles. The van der Waals surface area contributed by atoms with Crippen LogP contribution in [0.5, 0.6) is 5.75 Å². The van der Waals surface area contributed by atoms with E-state index in [1.807, 2.05) is 18.2 Å². The summed E-state index contributed by atoms with van der Waals surface area (Å²) in [6.45, 7) is 2.91. The van der Waals surface area contributed by atoms with Gasteiger partial charge in [0, 0.05) is 24.8 Å². The van der Waals surface area contributed by atoms with Gasteiger partial charge in [0.25, 0.3) is 0 Å². The molecular formula is C15H25N3O. The van der Waals surface area contributed by atoms with E-state index in [4.69, 9.17) is 10.5 Å². The van der Waals surface area contributed by atoms with Crippen LogP contribution in [0.3, 0.4) is 0 Å². The predicted octanol–water partition coefficient (Wildman–Crippen LogP) is 1.92. The summed E-state index contributed by atoms with van der Waals surface area (Å²) in [5, 5.41) is 3.65. The van der Waals surface area contributed by atoms with Crippen molar-refractivity contribution in [2.24, 2.45) is 5.73 Å². The number of rotatable bonds is 4. The highest BCUT2D eigenvalue weighted by Gasteiger charge is 2.30. The number of nitrogens with zero attached hydrogens (tertiary/aromatic N) is 1. The summed E-state index contributed by atoms with van der Waals surface area (Å²) < 4.78 is 5.27. The molecule has 0 amide bonds. The maximum atomic E-state index is 6.06. The third-order valence-electron chi connectivity index (χ3n) is 4.04. The molecule has 3 N–H and O–H groups in total. The number of nitrogens with one attached hydrogen (secondary N) is 1. The van der Waals surface area contributed by atoms with E-state index in [9.17, 15) is 0 Å². The number of likely N-dealkylation sites (tertiary alicyclic amines) is 1. The Kier molecular flexibility index (Phi) is 4.66. The predicted molar refractivity (Wildman–Crippen MR) is 79.8 cm³/mol. The van der Waals surface area contributed by atoms with Crippen molar-refractivity contribution in [1.29, 1.82) is 0 Å². The molecule has 0 aromatic heterocycles. The van der Waals surface area contributed by atoms with Crippen molar-refractivity contribution in [3.63, 3.8) is 0 Å². The van der Waals surface area contributed by atoms with Gasteiger partial charge >= 0.3 is 0 Å². The van der Waals surface area contributed by atoms with Crippen molar-refractivity contribution in [2.45, 2.75) is 24.8 Å². The van der Waals surface area contributed by atoms with Crippen LogP contribution >= 0.6 is 0 Å². The second kappa shape index (κ2) is 6.26. The Morgan fingerprint density at radius 1 is 1.37 bits per heavy atom. The van der Waals surface area contributed by atoms with E-state index < -0.39 is 0 Å². The Morgan fingerprint density at radius 2 is 2.21 bits per heavy atom. The Balaban J connectivity index is 2.12. The first-order chi connectivity index (χ1) is 9.17. The van der Waals surface area contributed by atoms with Crippen molar-refractivity contribution in [3.05, 3.63) is 24.3 Å². The van der Waals surface area contributed by atoms with Gasteiger partial charge in [-0.05, 0) is 45.0 Å². The Hall–Kier alpha value is -1.26. The minimum Gasteiger partial charge on any atom is -0.497 e. The van der Waals surface area contributed by atoms with Gasteiger partial charge in [-0.1, -0.05) is 6.07 Å². The first kappa shape index (κ1) is 14.2. The zero-order chi connectivity index (χ0) is 13.7. The fourth-order valence-corrected chi connectivity index (χ4v) is 2.72. The van der Waals surface area contributed by atoms with Crippen LogP contribution < -0.4 is 15.8 Å². The summed E-state index contributed by atoms with van der Waals surface area (Å²) in [6, 6.07) is 8.08. The van der Waals surface area contributed by atoms with Crippen LogP contribution in [0.15, 0.2) is 24.3 Å². The quantitative estimate of drug-likeness (QED) is 0.871. The number of nitrogens with two attached hydrogens (primary N) is 1. The number of anilines is 1. The number of hydrogen-bond acceptors (Lipinski definition) is 4. The SMILES string of the molecule is COc1cccc(NC2(CN)CCCN(C)CC2)c1. The van der Waals surface area contributed by atoms with Crippen LogP contribution in [0.4, 0.5) is 5.69 Å². The second-order valence-corrected chi connectivity index (χ2v) is 5.50. The summed E-state index contributed by atoms with van der Waals surface area (Å²) in [4.78, 5) is 2.38. The van der Waals surface area contributed by atoms with Crippen molar-refractivity contribution in [3.8, 4) is 5.75 Å². The van der Waals surface area contributed by atoms with E-state index in [1.54, 1.807) is 7.11 Å². The van der Waals surface area contributed by atoms with E-state index in [1.165, 1.54) is 6.42 Å². The molecule has 19 heavy (non-hydrogen) atoms. The molecule has 4 nitrogen and oxygen atoms in total. The third-order valence-corrected chi connectivity index (χ3v) is 4.04. The van der Waals surface area contributed by atoms with Crippen LogP contribution in [0.25, 0.3) is 0 Å². The average molecular weight is 263 g/mol. The van der Waals surface area contributed by atoms with Crippen LogP contribution in [0.2, 0.25) is 0 Å². The van der Waals surface area contributed by atoms with Crippen molar-refractivity contribution in [1.82, 2.24) is 4.90 Å². The van der Waals surface area contributed by atoms with Gasteiger partial charge in [-0.15, -0.1) is 0 Å². The molecule has 1 saturated heterocycles. The molecule has 0 spiro atoms. The maximum Gasteiger partial charge on any atom is 0.120 e. The zero-order valence-corrected chi connectivity index (χ0v) is 12.0. The van der Waals surface area contributed by atoms with Crippen molar-refractivity contribution in [2.75, 3.05) is 39.1 Å². The third kappa shape index (κ3) is 3.61. The van der Waals surface area contributed by atoms with Gasteiger partial charge in [-0.2, -0.15) is 0 Å². The highest BCUT2D eigenvalue weighted by Crippen LogP contribution is 2.27. The molecule has 1 aromatic rings. The molecule has 1 aliphatic rings. The number of hydrogen-bond donors (Lipinski definition) is 2. The van der Waals surface area contributed by atoms with Crippen molar-refractivity contribution >= 4 is 5.69 Å². The van der Waals surface area contributed by atoms with Crippen LogP contribution in [0, 0.1) is 0 Å². The lowest BCUT2D eigenvalue weighted by Gasteiger charge is -2.34. The summed E-state index contributed by atoms with van der Waals surface area (Å²) in [7, 11) is 3.87. The lowest BCUT2D eigenvalue weighted by Crippen LogP contribution is -2.46. The van der Waals surface area contributed by atoms with Crippen molar-refractivity contribution < 1.29 is 4.74 Å². The highest BCUT2D eigenvalue weighted by atomic mass is 16.5. The van der Waals surface area contributed by atoms with Gasteiger partial charge in [0.1, 0.15) is 5.75 Å². The molecule has 2 rings (SSSR count). The standard InChI is InChI=1S/C15H25N3O/c1-18-9-4-7-15(12-16,8-10-18)17-13-5-3-6-14(11-13)19-2/h3,5-6,11,17H,4,7-10,12,16H2,1-2H3. The van der Waals surface area contributed by atoms with Crippen LogP contribution in [-0.4, -0.2) is 44.2 Å². The lowest BCUT2D eigenvalue weighted by atomic mass is 9.90. The minimum absolute atomic E-state index is 0.0110. The number of benzene rings is 1. The summed E-state index contributed by atoms with van der Waals surface area (Å²) in [6.07, 6.45) is 3.38. The maximum absolute atomic E-state index is 6.06. The molecule has 4 heteroatoms. The molecule has 0 saturated carbocycles. The minimum atomic E-state index is 0.0110. The van der Waals surface area contributed by atoms with Gasteiger partial charge < -0.3 is 20.7 Å². The summed E-state index contributed by atoms with van der Waals surface area (Å²) in [5.74, 6) is 0.878. The molecule has 0 aliphatic carbocycles. The monoisotopic (exact) mass is 263 g/mol. The van der Waals surface area contributed by atoms with Gasteiger partial charge in [0.15, 0.2) is 0 Å². The first-order valence-corrected chi connectivity index (χ1v) is 6.98. The van der Waals surface area contributed by atoms with Gasteiger partial charge in [0.05, 0.1) is 12.6 Å². The van der Waals surface area contributed by atoms with Gasteiger partial charge in [-0.25, -0.2) is 0 Å². The fourth-order valence-electron chi connectivity index (χ4n) is 2.72. The molecule has 1 aromatic carbocycles. The largest absolute Gasteiger partial charge is 0.497 e. The van der Waals surface area contributed by atoms with Crippen LogP contribution in [0.1, 0.15) is 19.3 Å². The van der Waals surface area contributed by atoms with Crippen LogP contribution in [-0.2, 0) is 0 Å². The van der Waals surface area contributed by atoms with E-state index in [0.29, 0.717) is 6.54 Å². The molecule has 0 bridgehead atoms. The van der Waals surface area contributed by atoms with E-state index in [2.05, 4.69) is 23.3 Å². The molecular weight excluding hydrogens is 238 g/mol. The smallest absolute Gasteiger partial charge is 0.120 e. The summed E-state index contributed by atoms with van der Waals surface area (Å²) in [5.41, 5.74) is 7.16. The van der Waals surface area contributed by atoms with Gasteiger partial charge in [0.2, 0.25) is 0 Å². The Bertz CT molecular complexity index is 410. The molecule has 0 radical (unpaired) electrons. The topological polar surface area (TPSA) is 50.5 Å². The zero-order valence-electron chi connectivity index (χ0n) is 12.0. The molecule has 1 heterocycles. The lowest BCUT2D eigenvalue weighted by molar-refractivity contribution is 0.337. The Labute approximate surface area is 115 Å². The summed E-state index contributed by atoms with van der Waals surface area (Å²) >= 11 is 0. The number of ether oxygens (including phenoxy) is 1. The second-order valence-electron chi connectivity index (χ2n) is 5.50. The number of methoxy groups -OCH3 is 1. The van der Waals surface area contributed by atoms with E-state index in [0.717, 1.165) is 37.4 Å². The molecule has 1 unspecified atom stereocenters. The van der Waals surface area contributed by atoms with E-state index in [-0.39, 0.29) is 5.54 Å². The van der Waals surface area contributed by atoms with Gasteiger partial charge in [-0.3, -0.25) is 0 Å². The fraction of sp³-hybridized carbons (Fsp3) is 0.600. The van der Waals surface area contributed by atoms with E-state index >= 15 is 0 Å². The Morgan fingerprint density at radius 3 is 2.95 bits per heavy atom. The molecule has 1 atom stereocenters.